The summed E-state index contributed by atoms with van der Waals surface area (Å²) in [5.74, 6) is -3.33. The molecule has 1 rings (SSSR count). The quantitative estimate of drug-likeness (QED) is 0.433. The average molecular weight is 207 g/mol. The molecule has 0 saturated heterocycles. The predicted octanol–water partition coefficient (Wildman–Crippen LogP) is 0.816. The van der Waals surface area contributed by atoms with E-state index in [1.807, 2.05) is 0 Å². The minimum atomic E-state index is -1.29. The Balaban J connectivity index is 0. The van der Waals surface area contributed by atoms with Crippen LogP contribution in [0, 0.1) is 0 Å². The molecule has 0 bridgehead atoms. The van der Waals surface area contributed by atoms with Crippen LogP contribution in [-0.2, 0) is 0 Å². The second-order valence-corrected chi connectivity index (χ2v) is 2.17. The molecule has 7 N–H and O–H groups in total. The van der Waals surface area contributed by atoms with Gasteiger partial charge in [0.15, 0.2) is 17.2 Å². The molecule has 7 heteroatoms. The highest BCUT2D eigenvalue weighted by Gasteiger charge is 2.11. The summed E-state index contributed by atoms with van der Waals surface area (Å²) in [4.78, 5) is 10.3. The number of benzene rings is 1. The van der Waals surface area contributed by atoms with Crippen LogP contribution >= 0.6 is 0 Å². The van der Waals surface area contributed by atoms with Crippen molar-refractivity contribution in [2.24, 2.45) is 0 Å². The standard InChI is InChI=1S/C7H6O5.FH.H3N/c8-4-1-3(7(11)12)2-5(9)6(4)10;;/h1-2,8-10H,(H,11,12);1H;1H3. The van der Waals surface area contributed by atoms with E-state index in [1.165, 1.54) is 0 Å². The minimum absolute atomic E-state index is 0. The van der Waals surface area contributed by atoms with Crippen molar-refractivity contribution in [3.05, 3.63) is 17.7 Å². The lowest BCUT2D eigenvalue weighted by molar-refractivity contribution is 0.0696. The van der Waals surface area contributed by atoms with Crippen LogP contribution in [0.15, 0.2) is 12.1 Å². The van der Waals surface area contributed by atoms with Crippen molar-refractivity contribution in [3.63, 3.8) is 0 Å². The smallest absolute Gasteiger partial charge is 0.335 e. The fraction of sp³-hybridized carbons (Fsp3) is 0. The lowest BCUT2D eigenvalue weighted by Gasteiger charge is -2.01. The Morgan fingerprint density at radius 1 is 1.07 bits per heavy atom. The number of halogens is 1. The minimum Gasteiger partial charge on any atom is -0.504 e. The van der Waals surface area contributed by atoms with E-state index < -0.39 is 23.2 Å². The van der Waals surface area contributed by atoms with Crippen molar-refractivity contribution in [1.29, 1.82) is 0 Å². The third-order valence-corrected chi connectivity index (χ3v) is 1.32. The fourth-order valence-corrected chi connectivity index (χ4v) is 0.728. The van der Waals surface area contributed by atoms with E-state index in [1.54, 1.807) is 0 Å². The predicted molar refractivity (Wildman–Crippen MR) is 45.9 cm³/mol. The molecular weight excluding hydrogens is 197 g/mol. The summed E-state index contributed by atoms with van der Waals surface area (Å²) < 4.78 is 0. The number of hydrogen-bond acceptors (Lipinski definition) is 5. The molecule has 0 aliphatic heterocycles. The summed E-state index contributed by atoms with van der Waals surface area (Å²) in [7, 11) is 0. The highest BCUT2D eigenvalue weighted by molar-refractivity contribution is 5.89. The second-order valence-electron chi connectivity index (χ2n) is 2.17. The van der Waals surface area contributed by atoms with Gasteiger partial charge in [0.25, 0.3) is 0 Å². The third kappa shape index (κ3) is 2.49. The zero-order valence-corrected chi connectivity index (χ0v) is 6.97. The van der Waals surface area contributed by atoms with Gasteiger partial charge in [-0.25, -0.2) is 4.79 Å². The van der Waals surface area contributed by atoms with E-state index in [9.17, 15) is 4.79 Å². The van der Waals surface area contributed by atoms with Gasteiger partial charge in [-0.2, -0.15) is 0 Å². The van der Waals surface area contributed by atoms with Crippen LogP contribution in [0.5, 0.6) is 17.2 Å². The molecule has 0 spiro atoms. The Morgan fingerprint density at radius 2 is 1.43 bits per heavy atom. The largest absolute Gasteiger partial charge is 0.504 e. The molecule has 1 aromatic carbocycles. The first-order chi connectivity index (χ1) is 5.52. The van der Waals surface area contributed by atoms with Crippen molar-refractivity contribution in [2.75, 3.05) is 0 Å². The van der Waals surface area contributed by atoms with E-state index in [2.05, 4.69) is 0 Å². The van der Waals surface area contributed by atoms with Gasteiger partial charge in [-0.05, 0) is 12.1 Å². The first-order valence-corrected chi connectivity index (χ1v) is 3.00. The summed E-state index contributed by atoms with van der Waals surface area (Å²) in [6.45, 7) is 0. The number of hydrogen-bond donors (Lipinski definition) is 5. The summed E-state index contributed by atoms with van der Waals surface area (Å²) in [5.41, 5.74) is -0.289. The molecule has 80 valence electrons. The topological polar surface area (TPSA) is 133 Å². The fourth-order valence-electron chi connectivity index (χ4n) is 0.728. The normalized spacial score (nSPS) is 8.29. The first kappa shape index (κ1) is 14.5. The van der Waals surface area contributed by atoms with E-state index >= 15 is 0 Å². The average Bonchev–Trinajstić information content (AvgIpc) is 1.99. The summed E-state index contributed by atoms with van der Waals surface area (Å²) >= 11 is 0. The van der Waals surface area contributed by atoms with Gasteiger partial charge in [0.05, 0.1) is 5.56 Å². The number of rotatable bonds is 1. The lowest BCUT2D eigenvalue weighted by atomic mass is 10.2. The highest BCUT2D eigenvalue weighted by atomic mass is 19.0. The maximum absolute atomic E-state index is 10.3. The van der Waals surface area contributed by atoms with Crippen LogP contribution in [0.4, 0.5) is 4.70 Å². The first-order valence-electron chi connectivity index (χ1n) is 3.00. The van der Waals surface area contributed by atoms with Gasteiger partial charge in [0, 0.05) is 0 Å². The van der Waals surface area contributed by atoms with Gasteiger partial charge >= 0.3 is 5.97 Å². The van der Waals surface area contributed by atoms with Crippen molar-refractivity contribution in [3.8, 4) is 17.2 Å². The summed E-state index contributed by atoms with van der Waals surface area (Å²) in [6, 6.07) is 1.69. The maximum Gasteiger partial charge on any atom is 0.335 e. The lowest BCUT2D eigenvalue weighted by Crippen LogP contribution is -1.95. The molecule has 6 nitrogen and oxygen atoms in total. The van der Waals surface area contributed by atoms with Gasteiger partial charge in [0.1, 0.15) is 0 Å². The van der Waals surface area contributed by atoms with Gasteiger partial charge in [0.2, 0.25) is 0 Å². The summed E-state index contributed by atoms with van der Waals surface area (Å²) in [6.07, 6.45) is 0. The number of carbonyl (C=O) groups is 1. The Hall–Kier alpha value is -2.02. The Kier molecular flexibility index (Phi) is 5.05. The maximum atomic E-state index is 10.3. The van der Waals surface area contributed by atoms with Gasteiger partial charge in [-0.1, -0.05) is 0 Å². The molecule has 0 aliphatic carbocycles. The van der Waals surface area contributed by atoms with Crippen molar-refractivity contribution in [1.82, 2.24) is 6.15 Å². The van der Waals surface area contributed by atoms with Crippen molar-refractivity contribution < 1.29 is 29.9 Å². The van der Waals surface area contributed by atoms with Crippen molar-refractivity contribution in [2.45, 2.75) is 0 Å². The number of carboxylic acid groups (broad SMARTS) is 1. The SMILES string of the molecule is F.N.O=C(O)c1cc(O)c(O)c(O)c1. The second kappa shape index (κ2) is 4.87. The molecular formula is C7H10FNO5. The highest BCUT2D eigenvalue weighted by Crippen LogP contribution is 2.35. The van der Waals surface area contributed by atoms with Gasteiger partial charge in [-0.15, -0.1) is 0 Å². The zero-order valence-electron chi connectivity index (χ0n) is 6.97. The molecule has 0 radical (unpaired) electrons. The summed E-state index contributed by atoms with van der Waals surface area (Å²) in [5, 5.41) is 35.0. The van der Waals surface area contributed by atoms with Crippen molar-refractivity contribution >= 4 is 5.97 Å². The zero-order chi connectivity index (χ0) is 9.30. The molecule has 0 heterocycles. The number of aromatic carboxylic acids is 1. The van der Waals surface area contributed by atoms with Crippen LogP contribution in [0.25, 0.3) is 0 Å². The number of phenolic OH excluding ortho intramolecular Hbond substituents is 3. The molecule has 0 amide bonds. The Morgan fingerprint density at radius 3 is 1.71 bits per heavy atom. The van der Waals surface area contributed by atoms with Crippen LogP contribution < -0.4 is 6.15 Å². The van der Waals surface area contributed by atoms with Crippen LogP contribution in [0.3, 0.4) is 0 Å². The van der Waals surface area contributed by atoms with Crippen LogP contribution in [0.1, 0.15) is 10.4 Å². The molecule has 0 unspecified atom stereocenters. The molecule has 0 saturated carbocycles. The van der Waals surface area contributed by atoms with Crippen LogP contribution in [0.2, 0.25) is 0 Å². The molecule has 0 atom stereocenters. The van der Waals surface area contributed by atoms with E-state index in [0.29, 0.717) is 0 Å². The van der Waals surface area contributed by atoms with Gasteiger partial charge < -0.3 is 26.6 Å². The Labute approximate surface area is 78.0 Å². The molecule has 1 aromatic rings. The third-order valence-electron chi connectivity index (χ3n) is 1.32. The van der Waals surface area contributed by atoms with Crippen LogP contribution in [-0.4, -0.2) is 26.4 Å². The molecule has 0 aliphatic rings. The Bertz CT molecular complexity index is 318. The van der Waals surface area contributed by atoms with E-state index in [-0.39, 0.29) is 16.4 Å². The number of carboxylic acids is 1. The van der Waals surface area contributed by atoms with Gasteiger partial charge in [-0.3, -0.25) is 4.70 Å². The number of aromatic hydroxyl groups is 3. The van der Waals surface area contributed by atoms with E-state index in [4.69, 9.17) is 20.4 Å². The molecule has 0 fully saturated rings. The monoisotopic (exact) mass is 207 g/mol. The molecule has 14 heavy (non-hydrogen) atoms. The number of phenols is 3. The molecule has 0 aromatic heterocycles. The van der Waals surface area contributed by atoms with E-state index in [0.717, 1.165) is 12.1 Å².